The second-order valence-corrected chi connectivity index (χ2v) is 6.56. The van der Waals surface area contributed by atoms with Gasteiger partial charge in [-0.15, -0.1) is 11.3 Å². The van der Waals surface area contributed by atoms with Gasteiger partial charge in [0.1, 0.15) is 0 Å². The fraction of sp³-hybridized carbons (Fsp3) is 0.444. The van der Waals surface area contributed by atoms with Gasteiger partial charge in [-0.3, -0.25) is 0 Å². The highest BCUT2D eigenvalue weighted by Crippen LogP contribution is 2.18. The summed E-state index contributed by atoms with van der Waals surface area (Å²) in [6.45, 7) is 5.45. The van der Waals surface area contributed by atoms with E-state index in [1.807, 2.05) is 11.3 Å². The Labute approximate surface area is 132 Å². The highest BCUT2D eigenvalue weighted by molar-refractivity contribution is 7.09. The maximum atomic E-state index is 3.68. The fourth-order valence-electron chi connectivity index (χ4n) is 2.49. The summed E-state index contributed by atoms with van der Waals surface area (Å²) >= 11 is 1.84. The quantitative estimate of drug-likeness (QED) is 0.742. The van der Waals surface area contributed by atoms with E-state index in [-0.39, 0.29) is 0 Å². The van der Waals surface area contributed by atoms with Crippen molar-refractivity contribution in [2.75, 3.05) is 20.1 Å². The van der Waals surface area contributed by atoms with Gasteiger partial charge in [-0.2, -0.15) is 0 Å². The van der Waals surface area contributed by atoms with Crippen LogP contribution >= 0.6 is 11.3 Å². The summed E-state index contributed by atoms with van der Waals surface area (Å²) in [5.41, 5.74) is 1.40. The molecule has 1 aromatic carbocycles. The van der Waals surface area contributed by atoms with Crippen LogP contribution in [0.3, 0.4) is 0 Å². The Bertz CT molecular complexity index is 481. The fourth-order valence-corrected chi connectivity index (χ4v) is 3.27. The molecule has 0 aliphatic heterocycles. The zero-order valence-corrected chi connectivity index (χ0v) is 13.9. The monoisotopic (exact) mass is 302 g/mol. The predicted molar refractivity (Wildman–Crippen MR) is 92.7 cm³/mol. The number of hydrogen-bond acceptors (Lipinski definition) is 3. The van der Waals surface area contributed by atoms with Gasteiger partial charge in [0, 0.05) is 24.0 Å². The third-order valence-corrected chi connectivity index (χ3v) is 4.51. The molecule has 1 unspecified atom stereocenters. The molecule has 114 valence electrons. The maximum absolute atomic E-state index is 3.68. The SMILES string of the molecule is CCCNC(CCN(C)Cc1cccs1)c1ccccc1. The summed E-state index contributed by atoms with van der Waals surface area (Å²) in [5.74, 6) is 0. The van der Waals surface area contributed by atoms with Crippen molar-refractivity contribution >= 4 is 11.3 Å². The van der Waals surface area contributed by atoms with Crippen LogP contribution in [0.4, 0.5) is 0 Å². The van der Waals surface area contributed by atoms with Crippen LogP contribution in [-0.4, -0.2) is 25.0 Å². The molecule has 2 aromatic rings. The third-order valence-electron chi connectivity index (χ3n) is 3.65. The summed E-state index contributed by atoms with van der Waals surface area (Å²) in [7, 11) is 2.21. The van der Waals surface area contributed by atoms with Gasteiger partial charge < -0.3 is 10.2 Å². The Hall–Kier alpha value is -1.16. The van der Waals surface area contributed by atoms with Crippen molar-refractivity contribution < 1.29 is 0 Å². The standard InChI is InChI=1S/C18H26N2S/c1-3-12-19-18(16-8-5-4-6-9-16)11-13-20(2)15-17-10-7-14-21-17/h4-10,14,18-19H,3,11-13,15H2,1-2H3. The molecule has 2 nitrogen and oxygen atoms in total. The van der Waals surface area contributed by atoms with Gasteiger partial charge in [-0.05, 0) is 43.4 Å². The highest BCUT2D eigenvalue weighted by atomic mass is 32.1. The van der Waals surface area contributed by atoms with E-state index >= 15 is 0 Å². The summed E-state index contributed by atoms with van der Waals surface area (Å²) in [5, 5.41) is 5.83. The van der Waals surface area contributed by atoms with Crippen molar-refractivity contribution in [3.05, 3.63) is 58.3 Å². The lowest BCUT2D eigenvalue weighted by Gasteiger charge is -2.23. The lowest BCUT2D eigenvalue weighted by Crippen LogP contribution is -2.27. The average Bonchev–Trinajstić information content (AvgIpc) is 3.01. The third kappa shape index (κ3) is 5.62. The minimum absolute atomic E-state index is 0.455. The van der Waals surface area contributed by atoms with Crippen LogP contribution in [-0.2, 0) is 6.54 Å². The second kappa shape index (κ2) is 8.98. The Morgan fingerprint density at radius 2 is 1.95 bits per heavy atom. The van der Waals surface area contributed by atoms with E-state index in [0.717, 1.165) is 26.1 Å². The number of benzene rings is 1. The number of nitrogens with zero attached hydrogens (tertiary/aromatic N) is 1. The topological polar surface area (TPSA) is 15.3 Å². The second-order valence-electron chi connectivity index (χ2n) is 5.52. The van der Waals surface area contributed by atoms with Crippen molar-refractivity contribution in [3.8, 4) is 0 Å². The van der Waals surface area contributed by atoms with E-state index < -0.39 is 0 Å². The molecule has 0 aliphatic rings. The van der Waals surface area contributed by atoms with Crippen LogP contribution in [0.1, 0.15) is 36.2 Å². The first kappa shape index (κ1) is 16.2. The molecule has 3 heteroatoms. The summed E-state index contributed by atoms with van der Waals surface area (Å²) < 4.78 is 0. The molecule has 2 rings (SSSR count). The van der Waals surface area contributed by atoms with Crippen LogP contribution in [0, 0.1) is 0 Å². The van der Waals surface area contributed by atoms with E-state index in [0.29, 0.717) is 6.04 Å². The molecule has 1 aromatic heterocycles. The molecule has 0 bridgehead atoms. The smallest absolute Gasteiger partial charge is 0.0332 e. The molecule has 21 heavy (non-hydrogen) atoms. The van der Waals surface area contributed by atoms with Crippen molar-refractivity contribution in [2.45, 2.75) is 32.4 Å². The molecule has 0 radical (unpaired) electrons. The molecule has 0 spiro atoms. The molecule has 0 saturated heterocycles. The lowest BCUT2D eigenvalue weighted by molar-refractivity contribution is 0.302. The summed E-state index contributed by atoms with van der Waals surface area (Å²) in [6.07, 6.45) is 2.32. The first-order valence-electron chi connectivity index (χ1n) is 7.79. The number of thiophene rings is 1. The number of nitrogens with one attached hydrogen (secondary N) is 1. The molecular formula is C18H26N2S. The first-order chi connectivity index (χ1) is 10.3. The molecular weight excluding hydrogens is 276 g/mol. The van der Waals surface area contributed by atoms with E-state index in [4.69, 9.17) is 0 Å². The van der Waals surface area contributed by atoms with Gasteiger partial charge in [-0.1, -0.05) is 43.3 Å². The molecule has 0 amide bonds. The first-order valence-corrected chi connectivity index (χ1v) is 8.66. The van der Waals surface area contributed by atoms with Gasteiger partial charge in [0.05, 0.1) is 0 Å². The van der Waals surface area contributed by atoms with Crippen LogP contribution in [0.5, 0.6) is 0 Å². The summed E-state index contributed by atoms with van der Waals surface area (Å²) in [6, 6.07) is 15.6. The highest BCUT2D eigenvalue weighted by Gasteiger charge is 2.11. The van der Waals surface area contributed by atoms with Gasteiger partial charge >= 0.3 is 0 Å². The van der Waals surface area contributed by atoms with E-state index in [9.17, 15) is 0 Å². The molecule has 0 saturated carbocycles. The van der Waals surface area contributed by atoms with Crippen molar-refractivity contribution in [1.29, 1.82) is 0 Å². The maximum Gasteiger partial charge on any atom is 0.0332 e. The van der Waals surface area contributed by atoms with Crippen molar-refractivity contribution in [3.63, 3.8) is 0 Å². The molecule has 1 atom stereocenters. The van der Waals surface area contributed by atoms with Crippen molar-refractivity contribution in [2.24, 2.45) is 0 Å². The van der Waals surface area contributed by atoms with Crippen LogP contribution < -0.4 is 5.32 Å². The Kier molecular flexibility index (Phi) is 6.93. The van der Waals surface area contributed by atoms with Crippen LogP contribution in [0.2, 0.25) is 0 Å². The lowest BCUT2D eigenvalue weighted by atomic mass is 10.0. The Balaban J connectivity index is 1.86. The van der Waals surface area contributed by atoms with E-state index in [1.54, 1.807) is 0 Å². The van der Waals surface area contributed by atoms with Gasteiger partial charge in [0.25, 0.3) is 0 Å². The largest absolute Gasteiger partial charge is 0.310 e. The Morgan fingerprint density at radius 3 is 2.62 bits per heavy atom. The Morgan fingerprint density at radius 1 is 1.14 bits per heavy atom. The number of hydrogen-bond donors (Lipinski definition) is 1. The average molecular weight is 302 g/mol. The van der Waals surface area contributed by atoms with Crippen LogP contribution in [0.25, 0.3) is 0 Å². The molecule has 1 heterocycles. The molecule has 0 aliphatic carbocycles. The molecule has 0 fully saturated rings. The van der Waals surface area contributed by atoms with Gasteiger partial charge in [-0.25, -0.2) is 0 Å². The summed E-state index contributed by atoms with van der Waals surface area (Å²) in [4.78, 5) is 3.85. The van der Waals surface area contributed by atoms with Gasteiger partial charge in [0.15, 0.2) is 0 Å². The zero-order chi connectivity index (χ0) is 14.9. The van der Waals surface area contributed by atoms with Crippen molar-refractivity contribution in [1.82, 2.24) is 10.2 Å². The minimum atomic E-state index is 0.455. The van der Waals surface area contributed by atoms with E-state index in [1.165, 1.54) is 16.9 Å². The normalized spacial score (nSPS) is 12.7. The predicted octanol–water partition coefficient (Wildman–Crippen LogP) is 4.31. The van der Waals surface area contributed by atoms with Crippen LogP contribution in [0.15, 0.2) is 47.8 Å². The number of rotatable bonds is 9. The molecule has 1 N–H and O–H groups in total. The minimum Gasteiger partial charge on any atom is -0.310 e. The zero-order valence-electron chi connectivity index (χ0n) is 13.1. The van der Waals surface area contributed by atoms with Gasteiger partial charge in [0.2, 0.25) is 0 Å². The van der Waals surface area contributed by atoms with E-state index in [2.05, 4.69) is 72.0 Å².